The molecule has 0 saturated carbocycles. The Kier molecular flexibility index (Phi) is 5.12. The van der Waals surface area contributed by atoms with Crippen LogP contribution in [0, 0.1) is 0 Å². The van der Waals surface area contributed by atoms with Gasteiger partial charge >= 0.3 is 6.09 Å². The minimum absolute atomic E-state index is 0.0329. The van der Waals surface area contributed by atoms with E-state index in [9.17, 15) is 14.4 Å². The first kappa shape index (κ1) is 13.7. The fourth-order valence-corrected chi connectivity index (χ4v) is 2.00. The van der Waals surface area contributed by atoms with Gasteiger partial charge in [0.15, 0.2) is 5.78 Å². The monoisotopic (exact) mass is 241 g/mol. The third-order valence-electron chi connectivity index (χ3n) is 2.84. The van der Waals surface area contributed by atoms with Crippen LogP contribution in [0.1, 0.15) is 39.5 Å². The van der Waals surface area contributed by atoms with Crippen LogP contribution in [0.5, 0.6) is 0 Å². The largest absolute Gasteiger partial charge is 0.450 e. The summed E-state index contributed by atoms with van der Waals surface area (Å²) in [6.45, 7) is 4.05. The molecule has 0 aliphatic carbocycles. The van der Waals surface area contributed by atoms with Gasteiger partial charge in [0.1, 0.15) is 5.78 Å². The first-order valence-electron chi connectivity index (χ1n) is 6.01. The third-order valence-corrected chi connectivity index (χ3v) is 2.84. The molecule has 1 aliphatic rings. The zero-order valence-electron chi connectivity index (χ0n) is 10.4. The van der Waals surface area contributed by atoms with Crippen molar-refractivity contribution in [2.24, 2.45) is 0 Å². The van der Waals surface area contributed by atoms with E-state index in [0.717, 1.165) is 0 Å². The van der Waals surface area contributed by atoms with Crippen molar-refractivity contribution in [3.8, 4) is 0 Å². The molecule has 1 saturated heterocycles. The number of carbonyl (C=O) groups excluding carboxylic acids is 3. The Morgan fingerprint density at radius 1 is 1.47 bits per heavy atom. The Morgan fingerprint density at radius 3 is 2.76 bits per heavy atom. The average molecular weight is 241 g/mol. The molecule has 1 unspecified atom stereocenters. The summed E-state index contributed by atoms with van der Waals surface area (Å²) < 4.78 is 4.92. The highest BCUT2D eigenvalue weighted by Gasteiger charge is 2.33. The summed E-state index contributed by atoms with van der Waals surface area (Å²) in [6, 6.07) is -0.480. The number of piperidine rings is 1. The van der Waals surface area contributed by atoms with Crippen LogP contribution in [-0.2, 0) is 14.3 Å². The van der Waals surface area contributed by atoms with Crippen molar-refractivity contribution in [3.05, 3.63) is 0 Å². The van der Waals surface area contributed by atoms with Gasteiger partial charge in [-0.25, -0.2) is 4.79 Å². The summed E-state index contributed by atoms with van der Waals surface area (Å²) in [7, 11) is 0. The molecule has 5 heteroatoms. The molecule has 0 aromatic carbocycles. The Hall–Kier alpha value is -1.39. The predicted octanol–water partition coefficient (Wildman–Crippen LogP) is 1.55. The molecule has 0 aromatic heterocycles. The standard InChI is InChI=1S/C12H19NO4/c1-3-17-12(16)13-8-4-5-11(15)10(13)7-6-9(2)14/h10H,3-8H2,1-2H3. The average Bonchev–Trinajstić information content (AvgIpc) is 2.27. The molecule has 17 heavy (non-hydrogen) atoms. The van der Waals surface area contributed by atoms with E-state index in [0.29, 0.717) is 38.8 Å². The number of hydrogen-bond acceptors (Lipinski definition) is 4. The summed E-state index contributed by atoms with van der Waals surface area (Å²) in [4.78, 5) is 35.8. The number of rotatable bonds is 4. The van der Waals surface area contributed by atoms with Gasteiger partial charge in [-0.1, -0.05) is 0 Å². The van der Waals surface area contributed by atoms with Crippen LogP contribution < -0.4 is 0 Å². The Bertz CT molecular complexity index is 314. The lowest BCUT2D eigenvalue weighted by molar-refractivity contribution is -0.127. The number of nitrogens with zero attached hydrogens (tertiary/aromatic N) is 1. The normalized spacial score (nSPS) is 20.2. The lowest BCUT2D eigenvalue weighted by Gasteiger charge is -2.33. The van der Waals surface area contributed by atoms with Gasteiger partial charge in [0.2, 0.25) is 0 Å². The highest BCUT2D eigenvalue weighted by molar-refractivity contribution is 5.89. The summed E-state index contributed by atoms with van der Waals surface area (Å²) in [5.74, 6) is 0.0673. The summed E-state index contributed by atoms with van der Waals surface area (Å²) >= 11 is 0. The minimum Gasteiger partial charge on any atom is -0.450 e. The second-order valence-corrected chi connectivity index (χ2v) is 4.22. The summed E-state index contributed by atoms with van der Waals surface area (Å²) in [5.41, 5.74) is 0. The zero-order valence-corrected chi connectivity index (χ0v) is 10.4. The van der Waals surface area contributed by atoms with Crippen LogP contribution in [0.25, 0.3) is 0 Å². The fraction of sp³-hybridized carbons (Fsp3) is 0.750. The van der Waals surface area contributed by atoms with E-state index < -0.39 is 12.1 Å². The van der Waals surface area contributed by atoms with Gasteiger partial charge < -0.3 is 9.53 Å². The molecule has 1 fully saturated rings. The molecular weight excluding hydrogens is 222 g/mol. The number of hydrogen-bond donors (Lipinski definition) is 0. The predicted molar refractivity (Wildman–Crippen MR) is 61.7 cm³/mol. The van der Waals surface area contributed by atoms with Crippen molar-refractivity contribution in [2.75, 3.05) is 13.2 Å². The fourth-order valence-electron chi connectivity index (χ4n) is 2.00. The van der Waals surface area contributed by atoms with Gasteiger partial charge in [-0.05, 0) is 26.7 Å². The van der Waals surface area contributed by atoms with Crippen LogP contribution in [0.3, 0.4) is 0 Å². The van der Waals surface area contributed by atoms with E-state index in [4.69, 9.17) is 4.74 Å². The van der Waals surface area contributed by atoms with Crippen molar-refractivity contribution in [3.63, 3.8) is 0 Å². The molecule has 1 amide bonds. The van der Waals surface area contributed by atoms with Gasteiger partial charge in [0.25, 0.3) is 0 Å². The maximum atomic E-state index is 11.8. The molecule has 1 aliphatic heterocycles. The van der Waals surface area contributed by atoms with Gasteiger partial charge in [-0.3, -0.25) is 9.69 Å². The third kappa shape index (κ3) is 3.84. The van der Waals surface area contributed by atoms with Crippen molar-refractivity contribution in [1.82, 2.24) is 4.90 Å². The van der Waals surface area contributed by atoms with E-state index in [1.54, 1.807) is 6.92 Å². The maximum Gasteiger partial charge on any atom is 0.410 e. The van der Waals surface area contributed by atoms with Crippen molar-refractivity contribution in [2.45, 2.75) is 45.6 Å². The van der Waals surface area contributed by atoms with Crippen LogP contribution in [0.4, 0.5) is 4.79 Å². The molecule has 96 valence electrons. The first-order valence-corrected chi connectivity index (χ1v) is 6.01. The van der Waals surface area contributed by atoms with E-state index in [-0.39, 0.29) is 11.6 Å². The maximum absolute atomic E-state index is 11.8. The van der Waals surface area contributed by atoms with E-state index >= 15 is 0 Å². The Balaban J connectivity index is 2.66. The van der Waals surface area contributed by atoms with Crippen LogP contribution in [-0.4, -0.2) is 41.8 Å². The number of ether oxygens (including phenoxy) is 1. The van der Waals surface area contributed by atoms with Gasteiger partial charge in [-0.15, -0.1) is 0 Å². The van der Waals surface area contributed by atoms with Gasteiger partial charge in [0.05, 0.1) is 12.6 Å². The lowest BCUT2D eigenvalue weighted by Crippen LogP contribution is -2.49. The van der Waals surface area contributed by atoms with Crippen molar-refractivity contribution >= 4 is 17.7 Å². The van der Waals surface area contributed by atoms with Crippen molar-refractivity contribution < 1.29 is 19.1 Å². The van der Waals surface area contributed by atoms with E-state index in [2.05, 4.69) is 0 Å². The smallest absolute Gasteiger partial charge is 0.410 e. The second-order valence-electron chi connectivity index (χ2n) is 4.22. The highest BCUT2D eigenvalue weighted by atomic mass is 16.6. The number of amides is 1. The van der Waals surface area contributed by atoms with E-state index in [1.165, 1.54) is 11.8 Å². The zero-order chi connectivity index (χ0) is 12.8. The molecule has 1 atom stereocenters. The van der Waals surface area contributed by atoms with Crippen molar-refractivity contribution in [1.29, 1.82) is 0 Å². The molecule has 1 heterocycles. The summed E-state index contributed by atoms with van der Waals surface area (Å²) in [5, 5.41) is 0. The topological polar surface area (TPSA) is 63.7 Å². The molecule has 0 N–H and O–H groups in total. The molecule has 0 bridgehead atoms. The molecular formula is C12H19NO4. The van der Waals surface area contributed by atoms with Gasteiger partial charge in [-0.2, -0.15) is 0 Å². The molecule has 0 radical (unpaired) electrons. The first-order chi connectivity index (χ1) is 8.06. The van der Waals surface area contributed by atoms with E-state index in [1.807, 2.05) is 0 Å². The minimum atomic E-state index is -0.480. The molecule has 0 aromatic rings. The highest BCUT2D eigenvalue weighted by Crippen LogP contribution is 2.19. The molecule has 1 rings (SSSR count). The van der Waals surface area contributed by atoms with Crippen LogP contribution in [0.2, 0.25) is 0 Å². The van der Waals surface area contributed by atoms with Crippen LogP contribution in [0.15, 0.2) is 0 Å². The Morgan fingerprint density at radius 2 is 2.18 bits per heavy atom. The second kappa shape index (κ2) is 6.37. The summed E-state index contributed by atoms with van der Waals surface area (Å²) in [6.07, 6.45) is 1.44. The molecule has 5 nitrogen and oxygen atoms in total. The SMILES string of the molecule is CCOC(=O)N1CCCC(=O)C1CCC(C)=O. The van der Waals surface area contributed by atoms with Gasteiger partial charge in [0, 0.05) is 19.4 Å². The number of Topliss-reactive ketones (excluding diaryl/α,β-unsaturated/α-hetero) is 2. The Labute approximate surface area is 101 Å². The molecule has 0 spiro atoms. The lowest BCUT2D eigenvalue weighted by atomic mass is 9.96. The number of carbonyl (C=O) groups is 3. The van der Waals surface area contributed by atoms with Crippen LogP contribution >= 0.6 is 0 Å². The number of likely N-dealkylation sites (tertiary alicyclic amines) is 1. The quantitative estimate of drug-likeness (QED) is 0.749. The number of ketones is 2.